The molecule has 0 aromatic heterocycles. The van der Waals surface area contributed by atoms with Gasteiger partial charge >= 0.3 is 6.18 Å². The third-order valence-electron chi connectivity index (χ3n) is 3.73. The van der Waals surface area contributed by atoms with E-state index in [2.05, 4.69) is 5.32 Å². The lowest BCUT2D eigenvalue weighted by atomic mass is 9.99. The number of benzene rings is 1. The van der Waals surface area contributed by atoms with Crippen LogP contribution < -0.4 is 5.32 Å². The highest BCUT2D eigenvalue weighted by Gasteiger charge is 2.37. The van der Waals surface area contributed by atoms with Crippen LogP contribution in [-0.4, -0.2) is 17.3 Å². The van der Waals surface area contributed by atoms with Crippen molar-refractivity contribution < 1.29 is 22.4 Å². The first-order valence-electron chi connectivity index (χ1n) is 6.53. The van der Waals surface area contributed by atoms with Gasteiger partial charge in [0.15, 0.2) is 0 Å². The van der Waals surface area contributed by atoms with Gasteiger partial charge in [-0.2, -0.15) is 13.2 Å². The van der Waals surface area contributed by atoms with Gasteiger partial charge in [-0.05, 0) is 31.0 Å². The number of carbonyl (C=O) groups excluding carboxylic acids is 1. The van der Waals surface area contributed by atoms with E-state index in [0.717, 1.165) is 18.9 Å². The van der Waals surface area contributed by atoms with E-state index in [1.807, 2.05) is 0 Å². The van der Waals surface area contributed by atoms with Crippen LogP contribution in [0.3, 0.4) is 0 Å². The molecule has 1 fully saturated rings. The average molecular weight is 324 g/mol. The van der Waals surface area contributed by atoms with Gasteiger partial charge in [-0.1, -0.05) is 12.8 Å². The molecule has 1 aromatic rings. The Balaban J connectivity index is 2.24. The zero-order valence-electron chi connectivity index (χ0n) is 11.1. The first kappa shape index (κ1) is 16.1. The first-order valence-corrected chi connectivity index (χ1v) is 7.06. The Hall–Kier alpha value is -1.30. The minimum Gasteiger partial charge on any atom is -0.345 e. The van der Waals surface area contributed by atoms with Crippen molar-refractivity contribution in [3.8, 4) is 0 Å². The Morgan fingerprint density at radius 1 is 1.29 bits per heavy atom. The number of hydrogen-bond donors (Lipinski definition) is 1. The van der Waals surface area contributed by atoms with E-state index in [4.69, 9.17) is 11.6 Å². The minimum absolute atomic E-state index is 0.200. The Kier molecular flexibility index (Phi) is 4.46. The fourth-order valence-electron chi connectivity index (χ4n) is 2.54. The number of rotatable bonds is 3. The monoisotopic (exact) mass is 323 g/mol. The number of amides is 1. The summed E-state index contributed by atoms with van der Waals surface area (Å²) in [6.07, 6.45) is -1.64. The normalized spacial score (nSPS) is 17.8. The quantitative estimate of drug-likeness (QED) is 0.658. The summed E-state index contributed by atoms with van der Waals surface area (Å²) < 4.78 is 51.1. The first-order chi connectivity index (χ1) is 9.77. The zero-order valence-corrected chi connectivity index (χ0v) is 11.8. The van der Waals surface area contributed by atoms with E-state index in [1.54, 1.807) is 0 Å². The summed E-state index contributed by atoms with van der Waals surface area (Å²) in [5.41, 5.74) is -2.24. The molecule has 1 saturated carbocycles. The fraction of sp³-hybridized carbons (Fsp3) is 0.500. The fourth-order valence-corrected chi connectivity index (χ4v) is 2.87. The Morgan fingerprint density at radius 3 is 2.43 bits per heavy atom. The van der Waals surface area contributed by atoms with Gasteiger partial charge in [0, 0.05) is 11.4 Å². The van der Waals surface area contributed by atoms with Crippen LogP contribution in [0, 0.1) is 5.82 Å². The molecule has 0 aliphatic heterocycles. The van der Waals surface area contributed by atoms with Crippen LogP contribution in [0.15, 0.2) is 18.2 Å². The maximum Gasteiger partial charge on any atom is 0.419 e. The lowest BCUT2D eigenvalue weighted by Crippen LogP contribution is -2.47. The largest absolute Gasteiger partial charge is 0.419 e. The lowest BCUT2D eigenvalue weighted by Gasteiger charge is -2.28. The molecule has 0 unspecified atom stereocenters. The SMILES string of the molecule is O=C(NC1(CCl)CCCC1)c1ccc(F)c(C(F)(F)F)c1. The summed E-state index contributed by atoms with van der Waals surface area (Å²) in [7, 11) is 0. The van der Waals surface area contributed by atoms with Crippen molar-refractivity contribution in [2.75, 3.05) is 5.88 Å². The van der Waals surface area contributed by atoms with Gasteiger partial charge in [-0.3, -0.25) is 4.79 Å². The van der Waals surface area contributed by atoms with E-state index in [1.165, 1.54) is 0 Å². The van der Waals surface area contributed by atoms with Gasteiger partial charge in [0.2, 0.25) is 0 Å². The highest BCUT2D eigenvalue weighted by atomic mass is 35.5. The van der Waals surface area contributed by atoms with E-state index >= 15 is 0 Å². The lowest BCUT2D eigenvalue weighted by molar-refractivity contribution is -0.140. The predicted octanol–water partition coefficient (Wildman–Crippen LogP) is 4.13. The summed E-state index contributed by atoms with van der Waals surface area (Å²) in [5, 5.41) is 2.70. The molecule has 0 bridgehead atoms. The second-order valence-electron chi connectivity index (χ2n) is 5.27. The number of hydrogen-bond acceptors (Lipinski definition) is 1. The molecule has 0 radical (unpaired) electrons. The molecule has 2 nitrogen and oxygen atoms in total. The molecule has 116 valence electrons. The van der Waals surface area contributed by atoms with Gasteiger partial charge < -0.3 is 5.32 Å². The Morgan fingerprint density at radius 2 is 1.90 bits per heavy atom. The third kappa shape index (κ3) is 3.48. The van der Waals surface area contributed by atoms with Gasteiger partial charge in [0.25, 0.3) is 5.91 Å². The molecule has 0 spiro atoms. The molecule has 1 amide bonds. The van der Waals surface area contributed by atoms with Crippen molar-refractivity contribution in [2.45, 2.75) is 37.4 Å². The summed E-state index contributed by atoms with van der Waals surface area (Å²) in [6, 6.07) is 2.22. The van der Waals surface area contributed by atoms with Crippen molar-refractivity contribution in [2.24, 2.45) is 0 Å². The maximum atomic E-state index is 13.2. The molecule has 2 rings (SSSR count). The number of alkyl halides is 4. The molecule has 1 aliphatic rings. The number of carbonyl (C=O) groups is 1. The molecule has 1 aliphatic carbocycles. The van der Waals surface area contributed by atoms with Crippen molar-refractivity contribution in [1.82, 2.24) is 5.32 Å². The number of halogens is 5. The van der Waals surface area contributed by atoms with Crippen molar-refractivity contribution in [1.29, 1.82) is 0 Å². The van der Waals surface area contributed by atoms with Crippen LogP contribution in [0.5, 0.6) is 0 Å². The number of nitrogens with one attached hydrogen (secondary N) is 1. The van der Waals surface area contributed by atoms with E-state index < -0.39 is 29.0 Å². The molecule has 7 heteroatoms. The van der Waals surface area contributed by atoms with Crippen LogP contribution in [0.1, 0.15) is 41.6 Å². The summed E-state index contributed by atoms with van der Waals surface area (Å²) >= 11 is 5.87. The van der Waals surface area contributed by atoms with E-state index in [-0.39, 0.29) is 11.4 Å². The van der Waals surface area contributed by atoms with Crippen LogP contribution in [-0.2, 0) is 6.18 Å². The smallest absolute Gasteiger partial charge is 0.345 e. The third-order valence-corrected chi connectivity index (χ3v) is 4.24. The zero-order chi connectivity index (χ0) is 15.7. The topological polar surface area (TPSA) is 29.1 Å². The van der Waals surface area contributed by atoms with Crippen molar-refractivity contribution >= 4 is 17.5 Å². The van der Waals surface area contributed by atoms with Crippen LogP contribution in [0.25, 0.3) is 0 Å². The molecule has 0 heterocycles. The van der Waals surface area contributed by atoms with Gasteiger partial charge in [0.05, 0.1) is 11.1 Å². The predicted molar refractivity (Wildman–Crippen MR) is 70.8 cm³/mol. The van der Waals surface area contributed by atoms with E-state index in [0.29, 0.717) is 25.0 Å². The van der Waals surface area contributed by atoms with Gasteiger partial charge in [0.1, 0.15) is 5.82 Å². The minimum atomic E-state index is -4.84. The standard InChI is InChI=1S/C14H14ClF4NO/c15-8-13(5-1-2-6-13)20-12(21)9-3-4-11(16)10(7-9)14(17,18)19/h3-4,7H,1-2,5-6,8H2,(H,20,21). The second-order valence-corrected chi connectivity index (χ2v) is 5.53. The molecular weight excluding hydrogens is 310 g/mol. The molecule has 0 atom stereocenters. The molecule has 1 N–H and O–H groups in total. The highest BCUT2D eigenvalue weighted by Crippen LogP contribution is 2.33. The highest BCUT2D eigenvalue weighted by molar-refractivity contribution is 6.19. The van der Waals surface area contributed by atoms with Gasteiger partial charge in [-0.15, -0.1) is 11.6 Å². The molecule has 1 aromatic carbocycles. The van der Waals surface area contributed by atoms with Crippen LogP contribution in [0.2, 0.25) is 0 Å². The van der Waals surface area contributed by atoms with Crippen molar-refractivity contribution in [3.05, 3.63) is 35.1 Å². The van der Waals surface area contributed by atoms with Crippen LogP contribution >= 0.6 is 11.6 Å². The molecule has 21 heavy (non-hydrogen) atoms. The van der Waals surface area contributed by atoms with Crippen LogP contribution in [0.4, 0.5) is 17.6 Å². The molecule has 0 saturated heterocycles. The van der Waals surface area contributed by atoms with Gasteiger partial charge in [-0.25, -0.2) is 4.39 Å². The average Bonchev–Trinajstić information content (AvgIpc) is 2.87. The second kappa shape index (κ2) is 5.83. The Bertz CT molecular complexity index is 538. The van der Waals surface area contributed by atoms with Crippen molar-refractivity contribution in [3.63, 3.8) is 0 Å². The van der Waals surface area contributed by atoms with E-state index in [9.17, 15) is 22.4 Å². The maximum absolute atomic E-state index is 13.2. The molecular formula is C14H14ClF4NO. The summed E-state index contributed by atoms with van der Waals surface area (Å²) in [4.78, 5) is 12.1. The summed E-state index contributed by atoms with van der Waals surface area (Å²) in [6.45, 7) is 0. The Labute approximate surface area is 124 Å². The summed E-state index contributed by atoms with van der Waals surface area (Å²) in [5.74, 6) is -1.86.